The number of halogens is 1. The van der Waals surface area contributed by atoms with E-state index in [1.807, 2.05) is 24.3 Å². The number of rotatable bonds is 4. The summed E-state index contributed by atoms with van der Waals surface area (Å²) in [5, 5.41) is 18.0. The number of fused-ring (bicyclic) bond motifs is 2. The Morgan fingerprint density at radius 2 is 2.00 bits per heavy atom. The molecule has 4 rings (SSSR count). The van der Waals surface area contributed by atoms with Crippen molar-refractivity contribution >= 4 is 21.8 Å². The predicted molar refractivity (Wildman–Crippen MR) is 102 cm³/mol. The summed E-state index contributed by atoms with van der Waals surface area (Å²) in [6.07, 6.45) is 1.66. The number of nitrogens with zero attached hydrogens (tertiary/aromatic N) is 1. The van der Waals surface area contributed by atoms with Crippen molar-refractivity contribution in [3.8, 4) is 29.1 Å². The van der Waals surface area contributed by atoms with Crippen molar-refractivity contribution < 1.29 is 18.9 Å². The van der Waals surface area contributed by atoms with Crippen LogP contribution in [0.15, 0.2) is 47.5 Å². The van der Waals surface area contributed by atoms with Crippen LogP contribution in [0.5, 0.6) is 23.0 Å². The monoisotopic (exact) mass is 426 g/mol. The standard InChI is InChI=1S/C20H15BrN2O4/c1-2-5-24-15-4-3-11(21)6-12(15)19-13-7-17-18(26-10-25-17)8-16(13)27-20(23)14(19)9-22/h2-4,6-8,14,19,23H,1,5,10H2. The van der Waals surface area contributed by atoms with E-state index in [0.29, 0.717) is 29.6 Å². The number of benzene rings is 2. The normalized spacial score (nSPS) is 19.6. The van der Waals surface area contributed by atoms with Crippen molar-refractivity contribution in [1.29, 1.82) is 10.7 Å². The van der Waals surface area contributed by atoms with Gasteiger partial charge in [0.15, 0.2) is 11.5 Å². The first-order valence-corrected chi connectivity index (χ1v) is 9.04. The molecule has 0 saturated heterocycles. The van der Waals surface area contributed by atoms with Crippen molar-refractivity contribution in [2.45, 2.75) is 5.92 Å². The van der Waals surface area contributed by atoms with Gasteiger partial charge in [-0.05, 0) is 24.3 Å². The second-order valence-electron chi connectivity index (χ2n) is 6.08. The first kappa shape index (κ1) is 17.4. The summed E-state index contributed by atoms with van der Waals surface area (Å²) in [6, 6.07) is 11.3. The summed E-state index contributed by atoms with van der Waals surface area (Å²) in [5.41, 5.74) is 1.54. The molecule has 2 aliphatic heterocycles. The molecule has 2 heterocycles. The van der Waals surface area contributed by atoms with E-state index in [2.05, 4.69) is 28.6 Å². The van der Waals surface area contributed by atoms with Gasteiger partial charge in [0.25, 0.3) is 0 Å². The highest BCUT2D eigenvalue weighted by molar-refractivity contribution is 9.10. The Morgan fingerprint density at radius 3 is 2.74 bits per heavy atom. The first-order chi connectivity index (χ1) is 13.1. The number of hydrogen-bond donors (Lipinski definition) is 1. The van der Waals surface area contributed by atoms with Gasteiger partial charge in [0.05, 0.1) is 6.07 Å². The molecule has 7 heteroatoms. The highest BCUT2D eigenvalue weighted by atomic mass is 79.9. The fourth-order valence-corrected chi connectivity index (χ4v) is 3.68. The molecule has 1 N–H and O–H groups in total. The van der Waals surface area contributed by atoms with Gasteiger partial charge < -0.3 is 18.9 Å². The average molecular weight is 427 g/mol. The van der Waals surface area contributed by atoms with Crippen LogP contribution in [0.25, 0.3) is 0 Å². The van der Waals surface area contributed by atoms with Gasteiger partial charge in [0.2, 0.25) is 12.7 Å². The van der Waals surface area contributed by atoms with Crippen molar-refractivity contribution in [3.05, 3.63) is 58.6 Å². The van der Waals surface area contributed by atoms with E-state index in [1.54, 1.807) is 12.1 Å². The summed E-state index contributed by atoms with van der Waals surface area (Å²) in [7, 11) is 0. The Labute approximate surface area is 164 Å². The molecule has 6 nitrogen and oxygen atoms in total. The molecule has 136 valence electrons. The quantitative estimate of drug-likeness (QED) is 0.732. The molecule has 27 heavy (non-hydrogen) atoms. The largest absolute Gasteiger partial charge is 0.489 e. The maximum absolute atomic E-state index is 9.75. The van der Waals surface area contributed by atoms with Gasteiger partial charge >= 0.3 is 0 Å². The molecule has 0 fully saturated rings. The van der Waals surface area contributed by atoms with Gasteiger partial charge in [0.1, 0.15) is 24.0 Å². The molecule has 2 atom stereocenters. The third-order valence-corrected chi connectivity index (χ3v) is 4.97. The second kappa shape index (κ2) is 6.97. The van der Waals surface area contributed by atoms with Gasteiger partial charge in [-0.1, -0.05) is 28.6 Å². The lowest BCUT2D eigenvalue weighted by Gasteiger charge is -2.31. The zero-order chi connectivity index (χ0) is 19.0. The molecule has 0 spiro atoms. The molecule has 0 radical (unpaired) electrons. The van der Waals surface area contributed by atoms with Crippen LogP contribution in [-0.2, 0) is 0 Å². The van der Waals surface area contributed by atoms with E-state index in [-0.39, 0.29) is 12.7 Å². The average Bonchev–Trinajstić information content (AvgIpc) is 3.11. The van der Waals surface area contributed by atoms with Crippen LogP contribution >= 0.6 is 15.9 Å². The number of ether oxygens (including phenoxy) is 4. The lowest BCUT2D eigenvalue weighted by molar-refractivity contribution is 0.174. The van der Waals surface area contributed by atoms with E-state index in [1.165, 1.54) is 0 Å². The van der Waals surface area contributed by atoms with Crippen LogP contribution in [0.1, 0.15) is 17.0 Å². The first-order valence-electron chi connectivity index (χ1n) is 8.25. The van der Waals surface area contributed by atoms with E-state index in [4.69, 9.17) is 24.4 Å². The second-order valence-corrected chi connectivity index (χ2v) is 6.99. The maximum Gasteiger partial charge on any atom is 0.231 e. The Kier molecular flexibility index (Phi) is 4.50. The third kappa shape index (κ3) is 3.02. The van der Waals surface area contributed by atoms with Gasteiger partial charge in [-0.25, -0.2) is 0 Å². The van der Waals surface area contributed by atoms with Gasteiger partial charge in [0, 0.05) is 27.6 Å². The van der Waals surface area contributed by atoms with Crippen molar-refractivity contribution in [2.75, 3.05) is 13.4 Å². The summed E-state index contributed by atoms with van der Waals surface area (Å²) >= 11 is 3.49. The molecular formula is C20H15BrN2O4. The lowest BCUT2D eigenvalue weighted by Crippen LogP contribution is -2.31. The minimum absolute atomic E-state index is 0.108. The minimum Gasteiger partial charge on any atom is -0.489 e. The SMILES string of the molecule is C=CCOc1ccc(Br)cc1C1c2cc3c(cc2OC(=N)C1C#N)OCO3. The summed E-state index contributed by atoms with van der Waals surface area (Å²) in [6.45, 7) is 4.15. The zero-order valence-corrected chi connectivity index (χ0v) is 15.8. The summed E-state index contributed by atoms with van der Waals surface area (Å²) in [4.78, 5) is 0. The lowest BCUT2D eigenvalue weighted by atomic mass is 9.78. The Hall–Kier alpha value is -2.98. The molecule has 0 aromatic heterocycles. The van der Waals surface area contributed by atoms with Crippen LogP contribution in [0.4, 0.5) is 0 Å². The molecule has 0 aliphatic carbocycles. The molecule has 2 aromatic rings. The van der Waals surface area contributed by atoms with E-state index in [0.717, 1.165) is 15.6 Å². The Morgan fingerprint density at radius 1 is 1.22 bits per heavy atom. The van der Waals surface area contributed by atoms with Crippen LogP contribution in [0.2, 0.25) is 0 Å². The molecule has 2 aromatic carbocycles. The maximum atomic E-state index is 9.75. The molecule has 2 unspecified atom stereocenters. The highest BCUT2D eigenvalue weighted by Gasteiger charge is 2.40. The smallest absolute Gasteiger partial charge is 0.231 e. The predicted octanol–water partition coefficient (Wildman–Crippen LogP) is 4.38. The molecule has 0 saturated carbocycles. The van der Waals surface area contributed by atoms with Crippen LogP contribution < -0.4 is 18.9 Å². The van der Waals surface area contributed by atoms with Gasteiger partial charge in [-0.2, -0.15) is 5.26 Å². The summed E-state index contributed by atoms with van der Waals surface area (Å²) < 4.78 is 23.2. The van der Waals surface area contributed by atoms with E-state index >= 15 is 0 Å². The van der Waals surface area contributed by atoms with E-state index in [9.17, 15) is 5.26 Å². The van der Waals surface area contributed by atoms with Crippen molar-refractivity contribution in [2.24, 2.45) is 5.92 Å². The Balaban J connectivity index is 1.91. The van der Waals surface area contributed by atoms with Crippen LogP contribution in [0.3, 0.4) is 0 Å². The molecule has 2 aliphatic rings. The molecule has 0 bridgehead atoms. The number of hydrogen-bond acceptors (Lipinski definition) is 6. The zero-order valence-electron chi connectivity index (χ0n) is 14.2. The van der Waals surface area contributed by atoms with Crippen molar-refractivity contribution in [3.63, 3.8) is 0 Å². The number of nitriles is 1. The molecule has 0 amide bonds. The fraction of sp³-hybridized carbons (Fsp3) is 0.200. The van der Waals surface area contributed by atoms with Crippen molar-refractivity contribution in [1.82, 2.24) is 0 Å². The topological polar surface area (TPSA) is 84.6 Å². The molecular weight excluding hydrogens is 412 g/mol. The minimum atomic E-state index is -0.793. The van der Waals surface area contributed by atoms with Crippen LogP contribution in [-0.4, -0.2) is 19.3 Å². The Bertz CT molecular complexity index is 983. The third-order valence-electron chi connectivity index (χ3n) is 4.48. The highest BCUT2D eigenvalue weighted by Crippen LogP contribution is 2.49. The van der Waals surface area contributed by atoms with Gasteiger partial charge in [-0.3, -0.25) is 5.41 Å². The number of nitrogens with one attached hydrogen (secondary N) is 1. The fourth-order valence-electron chi connectivity index (χ4n) is 3.31. The van der Waals surface area contributed by atoms with Gasteiger partial charge in [-0.15, -0.1) is 0 Å². The van der Waals surface area contributed by atoms with Crippen LogP contribution in [0, 0.1) is 22.7 Å². The van der Waals surface area contributed by atoms with E-state index < -0.39 is 11.8 Å². The summed E-state index contributed by atoms with van der Waals surface area (Å²) in [5.74, 6) is 0.918.